The molecule has 5 nitrogen and oxygen atoms in total. The highest BCUT2D eigenvalue weighted by molar-refractivity contribution is 5.95. The molecule has 0 radical (unpaired) electrons. The van der Waals surface area contributed by atoms with Crippen LogP contribution in [-0.4, -0.2) is 20.6 Å². The number of hydrogen-bond donors (Lipinski definition) is 2. The Morgan fingerprint density at radius 2 is 2.04 bits per heavy atom. The van der Waals surface area contributed by atoms with Crippen LogP contribution in [0, 0.1) is 11.3 Å². The van der Waals surface area contributed by atoms with Crippen molar-refractivity contribution < 1.29 is 9.90 Å². The molecule has 2 fully saturated rings. The van der Waals surface area contributed by atoms with Crippen molar-refractivity contribution in [2.45, 2.75) is 65.0 Å². The second kappa shape index (κ2) is 5.31. The van der Waals surface area contributed by atoms with E-state index in [9.17, 15) is 9.90 Å². The van der Waals surface area contributed by atoms with Gasteiger partial charge in [-0.15, -0.1) is 0 Å². The number of rotatable bonds is 4. The third-order valence-electron chi connectivity index (χ3n) is 5.90. The summed E-state index contributed by atoms with van der Waals surface area (Å²) in [6.45, 7) is 7.83. The van der Waals surface area contributed by atoms with Gasteiger partial charge in [0.25, 0.3) is 0 Å². The first-order chi connectivity index (χ1) is 11.7. The van der Waals surface area contributed by atoms with Crippen molar-refractivity contribution in [1.82, 2.24) is 9.55 Å². The molecule has 5 heteroatoms. The number of carbonyl (C=O) groups is 1. The molecule has 1 aromatic carbocycles. The smallest absolute Gasteiger partial charge is 0.230 e. The van der Waals surface area contributed by atoms with Crippen LogP contribution in [0.4, 0.5) is 5.95 Å². The highest BCUT2D eigenvalue weighted by Crippen LogP contribution is 2.52. The van der Waals surface area contributed by atoms with Crippen molar-refractivity contribution in [3.05, 3.63) is 23.8 Å². The Kier molecular flexibility index (Phi) is 3.52. The van der Waals surface area contributed by atoms with Crippen LogP contribution in [-0.2, 0) is 10.4 Å². The van der Waals surface area contributed by atoms with Gasteiger partial charge in [0.15, 0.2) is 0 Å². The monoisotopic (exact) mass is 341 g/mol. The van der Waals surface area contributed by atoms with Crippen LogP contribution in [0.25, 0.3) is 11.0 Å². The molecule has 0 bridgehead atoms. The molecule has 2 aliphatic rings. The van der Waals surface area contributed by atoms with Gasteiger partial charge in [0.2, 0.25) is 11.9 Å². The first-order valence-electron chi connectivity index (χ1n) is 9.22. The quantitative estimate of drug-likeness (QED) is 0.884. The lowest BCUT2D eigenvalue weighted by Gasteiger charge is -2.29. The highest BCUT2D eigenvalue weighted by Gasteiger charge is 2.50. The number of benzene rings is 1. The van der Waals surface area contributed by atoms with Gasteiger partial charge in [-0.05, 0) is 62.6 Å². The Balaban J connectivity index is 1.74. The number of aliphatic hydroxyl groups is 1. The number of aromatic nitrogens is 2. The average molecular weight is 341 g/mol. The van der Waals surface area contributed by atoms with Gasteiger partial charge in [-0.25, -0.2) is 4.98 Å². The summed E-state index contributed by atoms with van der Waals surface area (Å²) in [6.07, 6.45) is 4.36. The molecule has 1 atom stereocenters. The zero-order valence-electron chi connectivity index (χ0n) is 15.5. The van der Waals surface area contributed by atoms with Crippen molar-refractivity contribution in [2.75, 3.05) is 5.32 Å². The number of anilines is 1. The Morgan fingerprint density at radius 3 is 2.56 bits per heavy atom. The van der Waals surface area contributed by atoms with E-state index in [2.05, 4.69) is 28.7 Å². The summed E-state index contributed by atoms with van der Waals surface area (Å²) in [6, 6.07) is 6.24. The number of carbonyl (C=O) groups excluding carboxylic acids is 1. The van der Waals surface area contributed by atoms with E-state index in [0.717, 1.165) is 35.9 Å². The fraction of sp³-hybridized carbons (Fsp3) is 0.600. The fourth-order valence-corrected chi connectivity index (χ4v) is 3.69. The van der Waals surface area contributed by atoms with Crippen LogP contribution in [0.2, 0.25) is 0 Å². The highest BCUT2D eigenvalue weighted by atomic mass is 16.3. The Hall–Kier alpha value is -1.88. The summed E-state index contributed by atoms with van der Waals surface area (Å²) in [5, 5.41) is 13.4. The van der Waals surface area contributed by atoms with Crippen LogP contribution in [0.1, 0.15) is 65.0 Å². The number of nitrogens with zero attached hydrogens (tertiary/aromatic N) is 2. The van der Waals surface area contributed by atoms with E-state index in [-0.39, 0.29) is 17.2 Å². The van der Waals surface area contributed by atoms with Gasteiger partial charge in [0.1, 0.15) is 0 Å². The van der Waals surface area contributed by atoms with Crippen molar-refractivity contribution in [2.24, 2.45) is 11.3 Å². The van der Waals surface area contributed by atoms with Crippen LogP contribution in [0.15, 0.2) is 18.2 Å². The largest absolute Gasteiger partial charge is 0.386 e. The molecule has 2 aromatic rings. The second-order valence-corrected chi connectivity index (χ2v) is 8.89. The van der Waals surface area contributed by atoms with E-state index >= 15 is 0 Å². The molecule has 25 heavy (non-hydrogen) atoms. The molecule has 1 aromatic heterocycles. The molecule has 1 unspecified atom stereocenters. The van der Waals surface area contributed by atoms with E-state index in [0.29, 0.717) is 12.0 Å². The predicted octanol–water partition coefficient (Wildman–Crippen LogP) is 3.97. The first-order valence-corrected chi connectivity index (χ1v) is 9.22. The second-order valence-electron chi connectivity index (χ2n) is 8.89. The number of fused-ring (bicyclic) bond motifs is 1. The minimum absolute atomic E-state index is 0.0728. The number of hydrogen-bond acceptors (Lipinski definition) is 3. The Labute approximate surface area is 148 Å². The topological polar surface area (TPSA) is 67.2 Å². The lowest BCUT2D eigenvalue weighted by Crippen LogP contribution is -2.24. The van der Waals surface area contributed by atoms with Gasteiger partial charge < -0.3 is 9.67 Å². The van der Waals surface area contributed by atoms with Crippen LogP contribution < -0.4 is 5.32 Å². The van der Waals surface area contributed by atoms with E-state index in [1.54, 1.807) is 13.8 Å². The maximum atomic E-state index is 12.6. The molecule has 1 amide bonds. The summed E-state index contributed by atoms with van der Waals surface area (Å²) in [5.41, 5.74) is 1.93. The Bertz CT molecular complexity index is 840. The van der Waals surface area contributed by atoms with E-state index in [1.165, 1.54) is 6.42 Å². The molecule has 0 saturated heterocycles. The minimum Gasteiger partial charge on any atom is -0.386 e. The van der Waals surface area contributed by atoms with E-state index in [4.69, 9.17) is 0 Å². The first kappa shape index (κ1) is 16.6. The van der Waals surface area contributed by atoms with E-state index in [1.807, 2.05) is 18.2 Å². The third kappa shape index (κ3) is 2.84. The van der Waals surface area contributed by atoms with E-state index < -0.39 is 5.60 Å². The maximum absolute atomic E-state index is 12.6. The predicted molar refractivity (Wildman–Crippen MR) is 98.4 cm³/mol. The average Bonchev–Trinajstić information content (AvgIpc) is 2.96. The zero-order chi connectivity index (χ0) is 18.0. The van der Waals surface area contributed by atoms with Gasteiger partial charge in [-0.2, -0.15) is 0 Å². The lowest BCUT2D eigenvalue weighted by atomic mass is 9.92. The van der Waals surface area contributed by atoms with Crippen molar-refractivity contribution in [3.63, 3.8) is 0 Å². The van der Waals surface area contributed by atoms with Gasteiger partial charge in [0.05, 0.1) is 16.6 Å². The third-order valence-corrected chi connectivity index (χ3v) is 5.90. The fourth-order valence-electron chi connectivity index (χ4n) is 3.69. The minimum atomic E-state index is -0.898. The molecule has 0 spiro atoms. The Morgan fingerprint density at radius 1 is 1.36 bits per heavy atom. The molecule has 134 valence electrons. The molecule has 0 aliphatic heterocycles. The molecule has 4 rings (SSSR count). The molecule has 2 N–H and O–H groups in total. The summed E-state index contributed by atoms with van der Waals surface area (Å²) >= 11 is 0. The lowest BCUT2D eigenvalue weighted by molar-refractivity contribution is -0.118. The summed E-state index contributed by atoms with van der Waals surface area (Å²) in [5.74, 6) is 0.804. The van der Waals surface area contributed by atoms with Gasteiger partial charge in [0, 0.05) is 12.0 Å². The van der Waals surface area contributed by atoms with Crippen LogP contribution >= 0.6 is 0 Å². The summed E-state index contributed by atoms with van der Waals surface area (Å²) < 4.78 is 2.17. The maximum Gasteiger partial charge on any atom is 0.230 e. The van der Waals surface area contributed by atoms with Crippen LogP contribution in [0.3, 0.4) is 0 Å². The van der Waals surface area contributed by atoms with Gasteiger partial charge in [-0.1, -0.05) is 19.9 Å². The van der Waals surface area contributed by atoms with Crippen LogP contribution in [0.5, 0.6) is 0 Å². The van der Waals surface area contributed by atoms with Gasteiger partial charge >= 0.3 is 0 Å². The number of imidazole rings is 1. The SMILES string of the molecule is CC(C)(O)c1ccc2nc(NC(=O)C3CC3(C)C)n(C3CCC3)c2c1. The summed E-state index contributed by atoms with van der Waals surface area (Å²) in [7, 11) is 0. The molecular formula is C20H27N3O2. The molecule has 1 heterocycles. The van der Waals surface area contributed by atoms with Crippen molar-refractivity contribution >= 4 is 22.9 Å². The van der Waals surface area contributed by atoms with Gasteiger partial charge in [-0.3, -0.25) is 10.1 Å². The normalized spacial score (nSPS) is 22.7. The van der Waals surface area contributed by atoms with Crippen molar-refractivity contribution in [3.8, 4) is 0 Å². The zero-order valence-corrected chi connectivity index (χ0v) is 15.5. The number of amides is 1. The molecule has 2 saturated carbocycles. The molecule has 2 aliphatic carbocycles. The molecular weight excluding hydrogens is 314 g/mol. The number of nitrogens with one attached hydrogen (secondary N) is 1. The standard InChI is InChI=1S/C20H27N3O2/c1-19(2)11-14(19)17(24)22-18-21-15-9-8-12(20(3,4)25)10-16(15)23(18)13-6-5-7-13/h8-10,13-14,25H,5-7,11H2,1-4H3,(H,21,22,24). The summed E-state index contributed by atoms with van der Waals surface area (Å²) in [4.78, 5) is 17.3. The van der Waals surface area contributed by atoms with Crippen molar-refractivity contribution in [1.29, 1.82) is 0 Å².